The Hall–Kier alpha value is -0.0800. The van der Waals surface area contributed by atoms with Crippen LogP contribution in [-0.4, -0.2) is 37.2 Å². The van der Waals surface area contributed by atoms with E-state index in [-0.39, 0.29) is 0 Å². The molecule has 0 spiro atoms. The summed E-state index contributed by atoms with van der Waals surface area (Å²) < 4.78 is 5.11. The van der Waals surface area contributed by atoms with Crippen LogP contribution in [0.15, 0.2) is 0 Å². The van der Waals surface area contributed by atoms with Crippen molar-refractivity contribution in [2.24, 2.45) is 0 Å². The molecule has 0 atom stereocenters. The van der Waals surface area contributed by atoms with Crippen LogP contribution in [0.1, 0.15) is 33.1 Å². The number of hydrogen-bond acceptors (Lipinski definition) is 2. The molecule has 0 N–H and O–H groups in total. The molecule has 1 saturated heterocycles. The molecular weight excluding hydrogens is 150 g/mol. The number of likely N-dealkylation sites (tertiary alicyclic amines) is 1. The number of hydrogen-bond donors (Lipinski definition) is 0. The third-order valence-electron chi connectivity index (χ3n) is 2.88. The first-order valence-corrected chi connectivity index (χ1v) is 4.91. The molecule has 0 unspecified atom stereocenters. The first-order chi connectivity index (χ1) is 5.67. The fourth-order valence-electron chi connectivity index (χ4n) is 1.83. The van der Waals surface area contributed by atoms with E-state index < -0.39 is 0 Å². The van der Waals surface area contributed by atoms with E-state index in [1.807, 2.05) is 0 Å². The number of ether oxygens (including phenoxy) is 1. The van der Waals surface area contributed by atoms with Gasteiger partial charge in [0.25, 0.3) is 0 Å². The molecule has 0 radical (unpaired) electrons. The molecule has 1 fully saturated rings. The molecule has 0 aromatic heterocycles. The highest BCUT2D eigenvalue weighted by Crippen LogP contribution is 2.23. The van der Waals surface area contributed by atoms with Crippen molar-refractivity contribution in [3.8, 4) is 0 Å². The summed E-state index contributed by atoms with van der Waals surface area (Å²) in [7, 11) is 1.78. The molecule has 1 aliphatic rings. The Morgan fingerprint density at radius 1 is 1.25 bits per heavy atom. The van der Waals surface area contributed by atoms with Crippen molar-refractivity contribution < 1.29 is 4.74 Å². The van der Waals surface area contributed by atoms with Crippen LogP contribution in [0.2, 0.25) is 0 Å². The van der Waals surface area contributed by atoms with Crippen LogP contribution in [-0.2, 0) is 4.74 Å². The van der Waals surface area contributed by atoms with Gasteiger partial charge in [-0.1, -0.05) is 0 Å². The van der Waals surface area contributed by atoms with E-state index in [4.69, 9.17) is 4.74 Å². The molecule has 2 nitrogen and oxygen atoms in total. The Morgan fingerprint density at radius 3 is 2.33 bits per heavy atom. The third kappa shape index (κ3) is 2.46. The average molecular weight is 171 g/mol. The molecule has 0 aromatic carbocycles. The standard InChI is InChI=1S/C10H21NO/c1-10(2,6-9-12-3)11-7-4-5-8-11/h4-9H2,1-3H3. The second-order valence-electron chi connectivity index (χ2n) is 4.25. The van der Waals surface area contributed by atoms with Gasteiger partial charge in [0.15, 0.2) is 0 Å². The molecule has 72 valence electrons. The SMILES string of the molecule is COCCC(C)(C)N1CCCC1. The van der Waals surface area contributed by atoms with E-state index in [0.29, 0.717) is 5.54 Å². The van der Waals surface area contributed by atoms with Gasteiger partial charge in [-0.25, -0.2) is 0 Å². The lowest BCUT2D eigenvalue weighted by atomic mass is 9.99. The fourth-order valence-corrected chi connectivity index (χ4v) is 1.83. The predicted molar refractivity (Wildman–Crippen MR) is 51.4 cm³/mol. The Balaban J connectivity index is 2.34. The minimum atomic E-state index is 0.340. The maximum atomic E-state index is 5.11. The Morgan fingerprint density at radius 2 is 1.83 bits per heavy atom. The van der Waals surface area contributed by atoms with Crippen molar-refractivity contribution in [1.29, 1.82) is 0 Å². The van der Waals surface area contributed by atoms with E-state index in [2.05, 4.69) is 18.7 Å². The molecule has 1 heterocycles. The molecule has 1 rings (SSSR count). The fraction of sp³-hybridized carbons (Fsp3) is 1.00. The zero-order valence-corrected chi connectivity index (χ0v) is 8.60. The molecular formula is C10H21NO. The zero-order chi connectivity index (χ0) is 9.03. The van der Waals surface area contributed by atoms with E-state index in [0.717, 1.165) is 13.0 Å². The minimum Gasteiger partial charge on any atom is -0.385 e. The van der Waals surface area contributed by atoms with Crippen molar-refractivity contribution in [1.82, 2.24) is 4.90 Å². The molecule has 1 aliphatic heterocycles. The first-order valence-electron chi connectivity index (χ1n) is 4.91. The summed E-state index contributed by atoms with van der Waals surface area (Å²) in [5, 5.41) is 0. The summed E-state index contributed by atoms with van der Waals surface area (Å²) in [5.41, 5.74) is 0.340. The molecule has 0 saturated carbocycles. The highest BCUT2D eigenvalue weighted by molar-refractivity contribution is 4.84. The van der Waals surface area contributed by atoms with E-state index in [9.17, 15) is 0 Å². The lowest BCUT2D eigenvalue weighted by molar-refractivity contribution is 0.0954. The van der Waals surface area contributed by atoms with Gasteiger partial charge in [-0.2, -0.15) is 0 Å². The van der Waals surface area contributed by atoms with Crippen molar-refractivity contribution in [3.63, 3.8) is 0 Å². The number of nitrogens with zero attached hydrogens (tertiary/aromatic N) is 1. The normalized spacial score (nSPS) is 20.2. The minimum absolute atomic E-state index is 0.340. The highest BCUT2D eigenvalue weighted by Gasteiger charge is 2.28. The number of rotatable bonds is 4. The molecule has 0 aliphatic carbocycles. The molecule has 0 amide bonds. The summed E-state index contributed by atoms with van der Waals surface area (Å²) in [6, 6.07) is 0. The maximum absolute atomic E-state index is 5.11. The number of methoxy groups -OCH3 is 1. The van der Waals surface area contributed by atoms with Crippen molar-refractivity contribution in [2.75, 3.05) is 26.8 Å². The Labute approximate surface area is 75.9 Å². The van der Waals surface area contributed by atoms with Gasteiger partial charge in [0, 0.05) is 19.3 Å². The van der Waals surface area contributed by atoms with Gasteiger partial charge >= 0.3 is 0 Å². The predicted octanol–water partition coefficient (Wildman–Crippen LogP) is 1.90. The first kappa shape index (κ1) is 10.0. The van der Waals surface area contributed by atoms with E-state index in [1.165, 1.54) is 25.9 Å². The molecule has 12 heavy (non-hydrogen) atoms. The Bertz CT molecular complexity index is 128. The Kier molecular flexibility index (Phi) is 3.53. The van der Waals surface area contributed by atoms with Crippen LogP contribution in [0.25, 0.3) is 0 Å². The van der Waals surface area contributed by atoms with Crippen molar-refractivity contribution >= 4 is 0 Å². The van der Waals surface area contributed by atoms with E-state index in [1.54, 1.807) is 7.11 Å². The second kappa shape index (κ2) is 4.24. The van der Waals surface area contributed by atoms with Gasteiger partial charge in [0.2, 0.25) is 0 Å². The molecule has 0 bridgehead atoms. The van der Waals surface area contributed by atoms with E-state index >= 15 is 0 Å². The summed E-state index contributed by atoms with van der Waals surface area (Å²) in [6.07, 6.45) is 3.89. The maximum Gasteiger partial charge on any atom is 0.0479 e. The van der Waals surface area contributed by atoms with Crippen molar-refractivity contribution in [2.45, 2.75) is 38.6 Å². The van der Waals surface area contributed by atoms with Gasteiger partial charge in [-0.15, -0.1) is 0 Å². The van der Waals surface area contributed by atoms with Gasteiger partial charge in [0.1, 0.15) is 0 Å². The second-order valence-corrected chi connectivity index (χ2v) is 4.25. The summed E-state index contributed by atoms with van der Waals surface area (Å²) in [4.78, 5) is 2.58. The summed E-state index contributed by atoms with van der Waals surface area (Å²) >= 11 is 0. The van der Waals surface area contributed by atoms with Gasteiger partial charge < -0.3 is 4.74 Å². The highest BCUT2D eigenvalue weighted by atomic mass is 16.5. The topological polar surface area (TPSA) is 12.5 Å². The van der Waals surface area contributed by atoms with Crippen LogP contribution in [0.3, 0.4) is 0 Å². The quantitative estimate of drug-likeness (QED) is 0.640. The smallest absolute Gasteiger partial charge is 0.0479 e. The van der Waals surface area contributed by atoms with Crippen LogP contribution >= 0.6 is 0 Å². The lowest BCUT2D eigenvalue weighted by Crippen LogP contribution is -2.42. The summed E-state index contributed by atoms with van der Waals surface area (Å²) in [6.45, 7) is 8.06. The van der Waals surface area contributed by atoms with Crippen LogP contribution in [0, 0.1) is 0 Å². The summed E-state index contributed by atoms with van der Waals surface area (Å²) in [5.74, 6) is 0. The zero-order valence-electron chi connectivity index (χ0n) is 8.60. The van der Waals surface area contributed by atoms with Gasteiger partial charge in [0.05, 0.1) is 0 Å². The van der Waals surface area contributed by atoms with Gasteiger partial charge in [-0.05, 0) is 46.2 Å². The van der Waals surface area contributed by atoms with Crippen LogP contribution < -0.4 is 0 Å². The largest absolute Gasteiger partial charge is 0.385 e. The van der Waals surface area contributed by atoms with Crippen LogP contribution in [0.4, 0.5) is 0 Å². The third-order valence-corrected chi connectivity index (χ3v) is 2.88. The van der Waals surface area contributed by atoms with Crippen LogP contribution in [0.5, 0.6) is 0 Å². The lowest BCUT2D eigenvalue weighted by Gasteiger charge is -2.35. The average Bonchev–Trinajstić information content (AvgIpc) is 2.53. The molecule has 2 heteroatoms. The van der Waals surface area contributed by atoms with Crippen molar-refractivity contribution in [3.05, 3.63) is 0 Å². The molecule has 0 aromatic rings. The monoisotopic (exact) mass is 171 g/mol. The van der Waals surface area contributed by atoms with Gasteiger partial charge in [-0.3, -0.25) is 4.90 Å².